The number of unbranched alkanes of at least 4 members (excludes halogenated alkanes) is 9. The second kappa shape index (κ2) is 13.6. The third-order valence-corrected chi connectivity index (χ3v) is 7.93. The largest absolute Gasteiger partial charge is 0.392 e. The molecule has 0 aromatic carbocycles. The van der Waals surface area contributed by atoms with Gasteiger partial charge in [-0.25, -0.2) is 9.24 Å². The van der Waals surface area contributed by atoms with Crippen LogP contribution in [0.2, 0.25) is 0 Å². The van der Waals surface area contributed by atoms with E-state index < -0.39 is 7.67 Å². The van der Waals surface area contributed by atoms with E-state index in [0.717, 1.165) is 32.0 Å². The summed E-state index contributed by atoms with van der Waals surface area (Å²) in [5, 5.41) is 0. The highest BCUT2D eigenvalue weighted by atomic mass is 31.2. The number of hydrogen-bond donors (Lipinski definition) is 0. The molecule has 0 aromatic heterocycles. The molecule has 0 spiro atoms. The molecule has 7 nitrogen and oxygen atoms in total. The number of hydrogen-bond acceptors (Lipinski definition) is 3. The van der Waals surface area contributed by atoms with Crippen LogP contribution in [0.25, 0.3) is 0 Å². The number of guanidine groups is 1. The molecule has 0 saturated carbocycles. The van der Waals surface area contributed by atoms with E-state index in [1.807, 2.05) is 11.7 Å². The van der Waals surface area contributed by atoms with E-state index >= 15 is 0 Å². The third-order valence-electron chi connectivity index (χ3n) is 5.91. The molecule has 2 aliphatic rings. The van der Waals surface area contributed by atoms with Gasteiger partial charge in [-0.3, -0.25) is 0 Å². The van der Waals surface area contributed by atoms with Crippen LogP contribution in [-0.2, 0) is 13.8 Å². The predicted octanol–water partition coefficient (Wildman–Crippen LogP) is 4.60. The van der Waals surface area contributed by atoms with Gasteiger partial charge in [0, 0.05) is 46.9 Å². The van der Waals surface area contributed by atoms with E-state index in [1.165, 1.54) is 64.9 Å². The minimum absolute atomic E-state index is 0.580. The van der Waals surface area contributed by atoms with Crippen molar-refractivity contribution in [1.29, 1.82) is 0 Å². The standard InChI is InChI=1S/C21H43N4O3P/c1-4-5-6-7-8-9-10-11-12-13-14-24-16-15-23(2)21(24)22-29(26,27-3)25-17-19-28-20-18-25/h4-20H2,1-3H3. The monoisotopic (exact) mass is 430 g/mol. The molecule has 0 bridgehead atoms. The van der Waals surface area contributed by atoms with Crippen molar-refractivity contribution in [3.8, 4) is 0 Å². The average Bonchev–Trinajstić information content (AvgIpc) is 3.09. The van der Waals surface area contributed by atoms with Gasteiger partial charge in [-0.1, -0.05) is 64.7 Å². The number of ether oxygens (including phenoxy) is 1. The first-order valence-corrected chi connectivity index (χ1v) is 13.2. The second-order valence-corrected chi connectivity index (χ2v) is 10.3. The third kappa shape index (κ3) is 8.20. The van der Waals surface area contributed by atoms with E-state index in [-0.39, 0.29) is 0 Å². The molecule has 2 rings (SSSR count). The highest BCUT2D eigenvalue weighted by Crippen LogP contribution is 2.52. The summed E-state index contributed by atoms with van der Waals surface area (Å²) in [5.41, 5.74) is 0. The number of likely N-dealkylation sites (N-methyl/N-ethyl adjacent to an activating group) is 1. The molecule has 2 fully saturated rings. The quantitative estimate of drug-likeness (QED) is 0.297. The summed E-state index contributed by atoms with van der Waals surface area (Å²) in [6.45, 7) is 7.47. The molecule has 0 N–H and O–H groups in total. The summed E-state index contributed by atoms with van der Waals surface area (Å²) >= 11 is 0. The average molecular weight is 431 g/mol. The summed E-state index contributed by atoms with van der Waals surface area (Å²) in [6, 6.07) is 0. The molecule has 1 atom stereocenters. The first-order chi connectivity index (χ1) is 14.1. The van der Waals surface area contributed by atoms with Crippen molar-refractivity contribution in [3.05, 3.63) is 0 Å². The Kier molecular flexibility index (Phi) is 11.6. The van der Waals surface area contributed by atoms with Gasteiger partial charge >= 0.3 is 7.67 Å². The Balaban J connectivity index is 1.74. The van der Waals surface area contributed by atoms with Gasteiger partial charge in [-0.05, 0) is 6.42 Å². The smallest absolute Gasteiger partial charge is 0.379 e. The highest BCUT2D eigenvalue weighted by Gasteiger charge is 2.35. The zero-order valence-electron chi connectivity index (χ0n) is 19.0. The minimum atomic E-state index is -3.21. The topological polar surface area (TPSA) is 57.6 Å². The van der Waals surface area contributed by atoms with Gasteiger partial charge < -0.3 is 19.1 Å². The van der Waals surface area contributed by atoms with Crippen molar-refractivity contribution in [3.63, 3.8) is 0 Å². The van der Waals surface area contributed by atoms with Crippen molar-refractivity contribution in [1.82, 2.24) is 14.5 Å². The molecule has 0 amide bonds. The summed E-state index contributed by atoms with van der Waals surface area (Å²) in [5.74, 6) is 0.817. The zero-order valence-corrected chi connectivity index (χ0v) is 19.9. The van der Waals surface area contributed by atoms with Gasteiger partial charge in [0.25, 0.3) is 0 Å². The van der Waals surface area contributed by atoms with Crippen molar-refractivity contribution in [2.75, 3.05) is 60.1 Å². The highest BCUT2D eigenvalue weighted by molar-refractivity contribution is 7.55. The molecule has 8 heteroatoms. The predicted molar refractivity (Wildman–Crippen MR) is 120 cm³/mol. The SMILES string of the molecule is CCCCCCCCCCCCN1CCN(C)C1=NP(=O)(OC)N1CCOCC1. The Labute approximate surface area is 178 Å². The fourth-order valence-electron chi connectivity index (χ4n) is 3.99. The van der Waals surface area contributed by atoms with E-state index in [0.29, 0.717) is 26.3 Å². The van der Waals surface area contributed by atoms with Crippen molar-refractivity contribution in [2.45, 2.75) is 71.1 Å². The normalized spacial score (nSPS) is 21.8. The van der Waals surface area contributed by atoms with E-state index in [1.54, 1.807) is 0 Å². The molecular formula is C21H43N4O3P. The van der Waals surface area contributed by atoms with E-state index in [4.69, 9.17) is 9.26 Å². The minimum Gasteiger partial charge on any atom is -0.379 e. The second-order valence-electron chi connectivity index (χ2n) is 8.23. The Morgan fingerprint density at radius 2 is 1.52 bits per heavy atom. The lowest BCUT2D eigenvalue weighted by atomic mass is 10.1. The summed E-state index contributed by atoms with van der Waals surface area (Å²) < 4.78 is 30.6. The first kappa shape index (κ1) is 24.6. The van der Waals surface area contributed by atoms with Crippen molar-refractivity contribution >= 4 is 13.6 Å². The maximum Gasteiger partial charge on any atom is 0.392 e. The van der Waals surface area contributed by atoms with Crippen LogP contribution in [0.15, 0.2) is 4.76 Å². The van der Waals surface area contributed by atoms with Crippen LogP contribution < -0.4 is 0 Å². The van der Waals surface area contributed by atoms with Crippen LogP contribution in [0, 0.1) is 0 Å². The number of morpholine rings is 1. The Morgan fingerprint density at radius 3 is 2.10 bits per heavy atom. The Hall–Kier alpha value is -0.620. The lowest BCUT2D eigenvalue weighted by Gasteiger charge is -2.31. The van der Waals surface area contributed by atoms with Crippen molar-refractivity contribution in [2.24, 2.45) is 4.76 Å². The maximum atomic E-state index is 13.3. The molecule has 29 heavy (non-hydrogen) atoms. The van der Waals surface area contributed by atoms with Crippen LogP contribution >= 0.6 is 7.67 Å². The van der Waals surface area contributed by atoms with Crippen LogP contribution in [0.4, 0.5) is 0 Å². The maximum absolute atomic E-state index is 13.3. The summed E-state index contributed by atoms with van der Waals surface area (Å²) in [4.78, 5) is 4.37. The fraction of sp³-hybridized carbons (Fsp3) is 0.952. The molecule has 0 radical (unpaired) electrons. The van der Waals surface area contributed by atoms with Crippen LogP contribution in [0.1, 0.15) is 71.1 Å². The van der Waals surface area contributed by atoms with E-state index in [2.05, 4.69) is 21.5 Å². The number of rotatable bonds is 14. The fourth-order valence-corrected chi connectivity index (χ4v) is 5.61. The van der Waals surface area contributed by atoms with Crippen LogP contribution in [-0.4, -0.2) is 80.5 Å². The lowest BCUT2D eigenvalue weighted by molar-refractivity contribution is 0.0662. The summed E-state index contributed by atoms with van der Waals surface area (Å²) in [6.07, 6.45) is 13.4. The zero-order chi connectivity index (χ0) is 21.0. The number of nitrogens with zero attached hydrogens (tertiary/aromatic N) is 4. The van der Waals surface area contributed by atoms with Gasteiger partial charge in [-0.2, -0.15) is 4.76 Å². The molecule has 0 aromatic rings. The molecule has 2 heterocycles. The Morgan fingerprint density at radius 1 is 0.931 bits per heavy atom. The molecule has 2 saturated heterocycles. The molecule has 170 valence electrons. The molecule has 1 unspecified atom stereocenters. The van der Waals surface area contributed by atoms with Gasteiger partial charge in [-0.15, -0.1) is 0 Å². The molecule has 0 aliphatic carbocycles. The molecule has 2 aliphatic heterocycles. The van der Waals surface area contributed by atoms with Crippen LogP contribution in [0.3, 0.4) is 0 Å². The van der Waals surface area contributed by atoms with Gasteiger partial charge in [0.2, 0.25) is 5.96 Å². The van der Waals surface area contributed by atoms with Crippen molar-refractivity contribution < 1.29 is 13.8 Å². The van der Waals surface area contributed by atoms with E-state index in [9.17, 15) is 4.57 Å². The van der Waals surface area contributed by atoms with Gasteiger partial charge in [0.15, 0.2) is 0 Å². The molecular weight excluding hydrogens is 387 g/mol. The first-order valence-electron chi connectivity index (χ1n) is 11.7. The van der Waals surface area contributed by atoms with Crippen LogP contribution in [0.5, 0.6) is 0 Å². The lowest BCUT2D eigenvalue weighted by Crippen LogP contribution is -2.36. The summed E-state index contributed by atoms with van der Waals surface area (Å²) in [7, 11) is 0.319. The Bertz CT molecular complexity index is 526. The van der Waals surface area contributed by atoms with Gasteiger partial charge in [0.05, 0.1) is 13.2 Å². The van der Waals surface area contributed by atoms with Gasteiger partial charge in [0.1, 0.15) is 0 Å².